The lowest BCUT2D eigenvalue weighted by Gasteiger charge is -2.14. The first-order valence-electron chi connectivity index (χ1n) is 7.53. The number of ether oxygens (including phenoxy) is 2. The van der Waals surface area contributed by atoms with Gasteiger partial charge in [0.1, 0.15) is 6.61 Å². The molecular formula is C17H16Cl3N3O2S. The van der Waals surface area contributed by atoms with Crippen LogP contribution in [0.25, 0.3) is 0 Å². The highest BCUT2D eigenvalue weighted by Crippen LogP contribution is 2.34. The van der Waals surface area contributed by atoms with Crippen molar-refractivity contribution in [3.63, 3.8) is 0 Å². The maximum Gasteiger partial charge on any atom is 0.184 e. The normalized spacial score (nSPS) is 10.8. The molecular weight excluding hydrogens is 417 g/mol. The summed E-state index contributed by atoms with van der Waals surface area (Å²) in [5.74, 6) is 1.10. The number of nitrogens with one attached hydrogen (secondary N) is 1. The van der Waals surface area contributed by atoms with E-state index in [0.717, 1.165) is 5.56 Å². The highest BCUT2D eigenvalue weighted by Gasteiger charge is 2.12. The van der Waals surface area contributed by atoms with Crippen molar-refractivity contribution >= 4 is 58.3 Å². The number of hydrogen-bond acceptors (Lipinski definition) is 4. The SMILES string of the molecule is CCOc1cc(/C=N\NC(N)=S)ccc1OCc1c(Cl)ccc(Cl)c1Cl. The zero-order chi connectivity index (χ0) is 19.1. The molecule has 2 aromatic carbocycles. The van der Waals surface area contributed by atoms with Gasteiger partial charge in [0.2, 0.25) is 0 Å². The van der Waals surface area contributed by atoms with E-state index in [1.807, 2.05) is 13.0 Å². The Labute approximate surface area is 172 Å². The molecule has 2 rings (SSSR count). The minimum Gasteiger partial charge on any atom is -0.490 e. The summed E-state index contributed by atoms with van der Waals surface area (Å²) in [5, 5.41) is 5.25. The van der Waals surface area contributed by atoms with Gasteiger partial charge in [0, 0.05) is 10.6 Å². The minimum absolute atomic E-state index is 0.0847. The second-order valence-corrected chi connectivity index (χ2v) is 6.62. The number of rotatable bonds is 7. The Bertz CT molecular complexity index is 831. The third-order valence-corrected chi connectivity index (χ3v) is 4.46. The molecule has 0 saturated carbocycles. The molecule has 0 aliphatic rings. The summed E-state index contributed by atoms with van der Waals surface area (Å²) in [5.41, 5.74) is 9.20. The lowest BCUT2D eigenvalue weighted by atomic mass is 10.2. The summed E-state index contributed by atoms with van der Waals surface area (Å²) in [4.78, 5) is 0. The van der Waals surface area contributed by atoms with E-state index in [1.54, 1.807) is 30.5 Å². The molecule has 26 heavy (non-hydrogen) atoms. The smallest absolute Gasteiger partial charge is 0.184 e. The highest BCUT2D eigenvalue weighted by molar-refractivity contribution is 7.80. The van der Waals surface area contributed by atoms with Crippen LogP contribution in [0.5, 0.6) is 11.5 Å². The first kappa shape index (κ1) is 20.6. The molecule has 5 nitrogen and oxygen atoms in total. The zero-order valence-electron chi connectivity index (χ0n) is 13.8. The Balaban J connectivity index is 2.20. The third kappa shape index (κ3) is 5.64. The van der Waals surface area contributed by atoms with E-state index in [9.17, 15) is 0 Å². The first-order valence-corrected chi connectivity index (χ1v) is 9.07. The minimum atomic E-state index is 0.0847. The largest absolute Gasteiger partial charge is 0.490 e. The fraction of sp³-hybridized carbons (Fsp3) is 0.176. The van der Waals surface area contributed by atoms with Gasteiger partial charge in [-0.2, -0.15) is 5.10 Å². The van der Waals surface area contributed by atoms with E-state index in [0.29, 0.717) is 38.7 Å². The van der Waals surface area contributed by atoms with Crippen LogP contribution in [0, 0.1) is 0 Å². The summed E-state index contributed by atoms with van der Waals surface area (Å²) in [6.07, 6.45) is 1.57. The molecule has 3 N–H and O–H groups in total. The number of hydrazone groups is 1. The van der Waals surface area contributed by atoms with Gasteiger partial charge >= 0.3 is 0 Å². The molecule has 0 amide bonds. The number of halogens is 3. The van der Waals surface area contributed by atoms with Crippen LogP contribution in [0.2, 0.25) is 15.1 Å². The number of thiocarbonyl (C=S) groups is 1. The average Bonchev–Trinajstić information content (AvgIpc) is 2.60. The lowest BCUT2D eigenvalue weighted by Crippen LogP contribution is -2.23. The fourth-order valence-electron chi connectivity index (χ4n) is 2.01. The molecule has 138 valence electrons. The second-order valence-electron chi connectivity index (χ2n) is 4.98. The number of nitrogens with zero attached hydrogens (tertiary/aromatic N) is 1. The van der Waals surface area contributed by atoms with Crippen LogP contribution in [-0.2, 0) is 6.61 Å². The van der Waals surface area contributed by atoms with Crippen LogP contribution >= 0.6 is 47.0 Å². The van der Waals surface area contributed by atoms with E-state index in [1.165, 1.54) is 0 Å². The topological polar surface area (TPSA) is 68.9 Å². The third-order valence-electron chi connectivity index (χ3n) is 3.17. The molecule has 0 aliphatic carbocycles. The molecule has 0 heterocycles. The fourth-order valence-corrected chi connectivity index (χ4v) is 2.72. The predicted octanol–water partition coefficient (Wildman–Crippen LogP) is 4.79. The van der Waals surface area contributed by atoms with E-state index < -0.39 is 0 Å². The number of hydrogen-bond donors (Lipinski definition) is 2. The van der Waals surface area contributed by atoms with Gasteiger partial charge in [-0.3, -0.25) is 5.43 Å². The molecule has 0 bridgehead atoms. The Hall–Kier alpha value is -1.73. The van der Waals surface area contributed by atoms with Gasteiger partial charge < -0.3 is 15.2 Å². The van der Waals surface area contributed by atoms with Gasteiger partial charge in [0.05, 0.1) is 22.9 Å². The van der Waals surface area contributed by atoms with Crippen LogP contribution in [0.1, 0.15) is 18.1 Å². The van der Waals surface area contributed by atoms with Gasteiger partial charge in [0.25, 0.3) is 0 Å². The van der Waals surface area contributed by atoms with Crippen molar-refractivity contribution < 1.29 is 9.47 Å². The maximum atomic E-state index is 6.20. The van der Waals surface area contributed by atoms with Crippen molar-refractivity contribution in [3.8, 4) is 11.5 Å². The van der Waals surface area contributed by atoms with Crippen molar-refractivity contribution in [3.05, 3.63) is 56.5 Å². The quantitative estimate of drug-likeness (QED) is 0.285. The lowest BCUT2D eigenvalue weighted by molar-refractivity contribution is 0.269. The van der Waals surface area contributed by atoms with Gasteiger partial charge in [0.15, 0.2) is 16.6 Å². The number of benzene rings is 2. The molecule has 0 radical (unpaired) electrons. The second kappa shape index (κ2) is 9.83. The zero-order valence-corrected chi connectivity index (χ0v) is 16.8. The van der Waals surface area contributed by atoms with Crippen LogP contribution < -0.4 is 20.6 Å². The average molecular weight is 433 g/mol. The molecule has 2 aromatic rings. The molecule has 0 saturated heterocycles. The van der Waals surface area contributed by atoms with Gasteiger partial charge in [-0.15, -0.1) is 0 Å². The molecule has 0 spiro atoms. The Morgan fingerprint density at radius 1 is 1.15 bits per heavy atom. The summed E-state index contributed by atoms with van der Waals surface area (Å²) >= 11 is 23.1. The van der Waals surface area contributed by atoms with Crippen molar-refractivity contribution in [1.82, 2.24) is 5.43 Å². The Kier molecular flexibility index (Phi) is 7.78. The first-order chi connectivity index (χ1) is 12.4. The Morgan fingerprint density at radius 2 is 1.88 bits per heavy atom. The summed E-state index contributed by atoms with van der Waals surface area (Å²) in [6.45, 7) is 2.50. The van der Waals surface area contributed by atoms with Crippen molar-refractivity contribution in [2.24, 2.45) is 10.8 Å². The van der Waals surface area contributed by atoms with Gasteiger partial charge in [-0.05, 0) is 55.0 Å². The Morgan fingerprint density at radius 3 is 2.58 bits per heavy atom. The predicted molar refractivity (Wildman–Crippen MR) is 111 cm³/mol. The van der Waals surface area contributed by atoms with Crippen molar-refractivity contribution in [1.29, 1.82) is 0 Å². The molecule has 0 atom stereocenters. The monoisotopic (exact) mass is 431 g/mol. The summed E-state index contributed by atoms with van der Waals surface area (Å²) < 4.78 is 11.5. The van der Waals surface area contributed by atoms with E-state index in [4.69, 9.17) is 50.0 Å². The molecule has 0 aliphatic heterocycles. The maximum absolute atomic E-state index is 6.20. The van der Waals surface area contributed by atoms with Crippen molar-refractivity contribution in [2.75, 3.05) is 6.61 Å². The standard InChI is InChI=1S/C17H16Cl3N3O2S/c1-2-24-15-7-10(8-22-23-17(21)26)3-6-14(15)25-9-11-12(18)4-5-13(19)16(11)20/h3-8H,2,9H2,1H3,(H3,21,23,26)/b22-8-. The van der Waals surface area contributed by atoms with Crippen LogP contribution in [0.15, 0.2) is 35.4 Å². The highest BCUT2D eigenvalue weighted by atomic mass is 35.5. The van der Waals surface area contributed by atoms with Crippen LogP contribution in [-0.4, -0.2) is 17.9 Å². The van der Waals surface area contributed by atoms with Gasteiger partial charge in [-0.1, -0.05) is 34.8 Å². The van der Waals surface area contributed by atoms with E-state index >= 15 is 0 Å². The molecule has 0 unspecified atom stereocenters. The summed E-state index contributed by atoms with van der Waals surface area (Å²) in [7, 11) is 0. The summed E-state index contributed by atoms with van der Waals surface area (Å²) in [6, 6.07) is 8.66. The van der Waals surface area contributed by atoms with Crippen molar-refractivity contribution in [2.45, 2.75) is 13.5 Å². The molecule has 0 aromatic heterocycles. The van der Waals surface area contributed by atoms with Crippen LogP contribution in [0.3, 0.4) is 0 Å². The molecule has 9 heteroatoms. The number of nitrogens with two attached hydrogens (primary N) is 1. The van der Waals surface area contributed by atoms with E-state index in [-0.39, 0.29) is 11.7 Å². The van der Waals surface area contributed by atoms with Crippen LogP contribution in [0.4, 0.5) is 0 Å². The van der Waals surface area contributed by atoms with E-state index in [2.05, 4.69) is 22.7 Å². The van der Waals surface area contributed by atoms with Gasteiger partial charge in [-0.25, -0.2) is 0 Å². The molecule has 0 fully saturated rings.